The van der Waals surface area contributed by atoms with Gasteiger partial charge in [-0.3, -0.25) is 9.59 Å². The van der Waals surface area contributed by atoms with Gasteiger partial charge in [-0.1, -0.05) is 18.2 Å². The maximum atomic E-state index is 12.2. The molecule has 6 nitrogen and oxygen atoms in total. The fourth-order valence-corrected chi connectivity index (χ4v) is 3.21. The van der Waals surface area contributed by atoms with E-state index in [2.05, 4.69) is 10.3 Å². The van der Waals surface area contributed by atoms with E-state index in [0.717, 1.165) is 16.5 Å². The predicted octanol–water partition coefficient (Wildman–Crippen LogP) is 1.46. The van der Waals surface area contributed by atoms with Crippen LogP contribution in [0.4, 0.5) is 0 Å². The van der Waals surface area contributed by atoms with Gasteiger partial charge < -0.3 is 19.9 Å². The van der Waals surface area contributed by atoms with E-state index in [1.807, 2.05) is 44.3 Å². The molecule has 3 rings (SSSR count). The van der Waals surface area contributed by atoms with Crippen LogP contribution in [0.15, 0.2) is 30.5 Å². The summed E-state index contributed by atoms with van der Waals surface area (Å²) in [6.45, 7) is 5.16. The molecule has 1 saturated heterocycles. The third-order valence-electron chi connectivity index (χ3n) is 4.26. The van der Waals surface area contributed by atoms with Gasteiger partial charge in [0.2, 0.25) is 0 Å². The van der Waals surface area contributed by atoms with Gasteiger partial charge in [-0.25, -0.2) is 0 Å². The van der Waals surface area contributed by atoms with Gasteiger partial charge in [0, 0.05) is 36.7 Å². The Morgan fingerprint density at radius 3 is 2.71 bits per heavy atom. The first-order chi connectivity index (χ1) is 11.5. The number of carbonyl (C=O) groups excluding carboxylic acids is 2. The Labute approximate surface area is 141 Å². The second-order valence-corrected chi connectivity index (χ2v) is 6.33. The molecule has 128 valence electrons. The van der Waals surface area contributed by atoms with Crippen LogP contribution >= 0.6 is 0 Å². The average Bonchev–Trinajstić information content (AvgIpc) is 2.96. The number of nitrogens with one attached hydrogen (secondary N) is 2. The summed E-state index contributed by atoms with van der Waals surface area (Å²) in [4.78, 5) is 29.1. The number of morpholine rings is 1. The van der Waals surface area contributed by atoms with E-state index in [1.165, 1.54) is 0 Å². The Morgan fingerprint density at radius 1 is 1.25 bits per heavy atom. The summed E-state index contributed by atoms with van der Waals surface area (Å²) in [7, 11) is 0. The zero-order chi connectivity index (χ0) is 17.1. The maximum absolute atomic E-state index is 12.2. The molecule has 2 atom stereocenters. The molecular formula is C18H23N3O3. The fourth-order valence-electron chi connectivity index (χ4n) is 3.21. The third kappa shape index (κ3) is 3.59. The van der Waals surface area contributed by atoms with Crippen LogP contribution in [0.5, 0.6) is 0 Å². The fraction of sp³-hybridized carbons (Fsp3) is 0.444. The first-order valence-electron chi connectivity index (χ1n) is 8.32. The van der Waals surface area contributed by atoms with E-state index in [0.29, 0.717) is 26.1 Å². The Hall–Kier alpha value is -2.34. The summed E-state index contributed by atoms with van der Waals surface area (Å²) in [6.07, 6.45) is 2.54. The van der Waals surface area contributed by atoms with E-state index in [-0.39, 0.29) is 12.2 Å². The van der Waals surface area contributed by atoms with Crippen molar-refractivity contribution in [3.05, 3.63) is 36.0 Å². The molecule has 6 heteroatoms. The molecule has 0 bridgehead atoms. The highest BCUT2D eigenvalue weighted by Crippen LogP contribution is 2.17. The molecule has 2 heterocycles. The van der Waals surface area contributed by atoms with E-state index < -0.39 is 11.8 Å². The molecule has 24 heavy (non-hydrogen) atoms. The number of aromatic nitrogens is 1. The molecule has 1 aliphatic heterocycles. The third-order valence-corrected chi connectivity index (χ3v) is 4.26. The highest BCUT2D eigenvalue weighted by Gasteiger charge is 2.29. The summed E-state index contributed by atoms with van der Waals surface area (Å²) in [5.74, 6) is -1.02. The second-order valence-electron chi connectivity index (χ2n) is 6.33. The average molecular weight is 329 g/mol. The highest BCUT2D eigenvalue weighted by molar-refractivity contribution is 6.35. The van der Waals surface area contributed by atoms with Crippen LogP contribution in [0.3, 0.4) is 0 Å². The van der Waals surface area contributed by atoms with Gasteiger partial charge in [-0.05, 0) is 31.9 Å². The Kier molecular flexibility index (Phi) is 4.85. The predicted molar refractivity (Wildman–Crippen MR) is 91.6 cm³/mol. The second kappa shape index (κ2) is 7.05. The smallest absolute Gasteiger partial charge is 0.312 e. The number of nitrogens with zero attached hydrogens (tertiary/aromatic N) is 1. The van der Waals surface area contributed by atoms with Crippen molar-refractivity contribution >= 4 is 22.7 Å². The first-order valence-corrected chi connectivity index (χ1v) is 8.32. The molecule has 1 fully saturated rings. The van der Waals surface area contributed by atoms with E-state index >= 15 is 0 Å². The van der Waals surface area contributed by atoms with Crippen LogP contribution < -0.4 is 5.32 Å². The van der Waals surface area contributed by atoms with Crippen molar-refractivity contribution in [1.82, 2.24) is 15.2 Å². The zero-order valence-electron chi connectivity index (χ0n) is 14.0. The lowest BCUT2D eigenvalue weighted by Crippen LogP contribution is -2.52. The normalized spacial score (nSPS) is 21.0. The summed E-state index contributed by atoms with van der Waals surface area (Å²) in [5.41, 5.74) is 2.21. The topological polar surface area (TPSA) is 74.4 Å². The standard InChI is InChI=1S/C18H23N3O3/c1-12-10-21(11-13(2)24-12)18(23)17(22)19-8-7-14-9-20-16-6-4-3-5-15(14)16/h3-6,9,12-13,20H,7-8,10-11H2,1-2H3,(H,19,22). The largest absolute Gasteiger partial charge is 0.372 e. The number of rotatable bonds is 3. The van der Waals surface area contributed by atoms with Gasteiger partial charge in [-0.15, -0.1) is 0 Å². The lowest BCUT2D eigenvalue weighted by atomic mass is 10.1. The van der Waals surface area contributed by atoms with Crippen molar-refractivity contribution in [1.29, 1.82) is 0 Å². The molecule has 2 aromatic rings. The number of hydrogen-bond donors (Lipinski definition) is 2. The Bertz CT molecular complexity index is 730. The van der Waals surface area contributed by atoms with Gasteiger partial charge in [-0.2, -0.15) is 0 Å². The number of H-pyrrole nitrogens is 1. The van der Waals surface area contributed by atoms with E-state index in [1.54, 1.807) is 4.90 Å². The van der Waals surface area contributed by atoms with Gasteiger partial charge in [0.05, 0.1) is 12.2 Å². The highest BCUT2D eigenvalue weighted by atomic mass is 16.5. The molecule has 0 radical (unpaired) electrons. The van der Waals surface area contributed by atoms with E-state index in [9.17, 15) is 9.59 Å². The van der Waals surface area contributed by atoms with Crippen molar-refractivity contribution in [3.8, 4) is 0 Å². The minimum Gasteiger partial charge on any atom is -0.372 e. The molecule has 2 N–H and O–H groups in total. The molecule has 2 amide bonds. The summed E-state index contributed by atoms with van der Waals surface area (Å²) in [5, 5.41) is 3.87. The van der Waals surface area contributed by atoms with Gasteiger partial charge in [0.1, 0.15) is 0 Å². The molecule has 1 aromatic heterocycles. The summed E-state index contributed by atoms with van der Waals surface area (Å²) in [6, 6.07) is 8.03. The van der Waals surface area contributed by atoms with Crippen molar-refractivity contribution in [2.24, 2.45) is 0 Å². The molecule has 0 saturated carbocycles. The van der Waals surface area contributed by atoms with Crippen molar-refractivity contribution in [3.63, 3.8) is 0 Å². The molecule has 2 unspecified atom stereocenters. The van der Waals surface area contributed by atoms with Crippen LogP contribution in [0, 0.1) is 0 Å². The number of amides is 2. The van der Waals surface area contributed by atoms with Crippen LogP contribution in [-0.2, 0) is 20.7 Å². The van der Waals surface area contributed by atoms with Gasteiger partial charge in [0.25, 0.3) is 0 Å². The number of benzene rings is 1. The van der Waals surface area contributed by atoms with Crippen LogP contribution in [0.1, 0.15) is 19.4 Å². The molecule has 1 aliphatic rings. The van der Waals surface area contributed by atoms with Crippen molar-refractivity contribution in [2.45, 2.75) is 32.5 Å². The lowest BCUT2D eigenvalue weighted by Gasteiger charge is -2.34. The van der Waals surface area contributed by atoms with Gasteiger partial charge in [0.15, 0.2) is 0 Å². The van der Waals surface area contributed by atoms with E-state index in [4.69, 9.17) is 4.74 Å². The molecule has 0 aliphatic carbocycles. The van der Waals surface area contributed by atoms with Crippen molar-refractivity contribution < 1.29 is 14.3 Å². The first kappa shape index (κ1) is 16.5. The summed E-state index contributed by atoms with van der Waals surface area (Å²) < 4.78 is 5.59. The number of para-hydroxylation sites is 1. The minimum atomic E-state index is -0.545. The quantitative estimate of drug-likeness (QED) is 0.837. The molecule has 0 spiro atoms. The summed E-state index contributed by atoms with van der Waals surface area (Å²) >= 11 is 0. The van der Waals surface area contributed by atoms with Crippen LogP contribution in [0.25, 0.3) is 10.9 Å². The minimum absolute atomic E-state index is 0.0447. The van der Waals surface area contributed by atoms with Crippen LogP contribution in [-0.4, -0.2) is 53.5 Å². The Balaban J connectivity index is 1.53. The maximum Gasteiger partial charge on any atom is 0.312 e. The lowest BCUT2D eigenvalue weighted by molar-refractivity contribution is -0.153. The number of ether oxygens (including phenoxy) is 1. The Morgan fingerprint density at radius 2 is 1.96 bits per heavy atom. The number of hydrogen-bond acceptors (Lipinski definition) is 3. The van der Waals surface area contributed by atoms with Gasteiger partial charge >= 0.3 is 11.8 Å². The van der Waals surface area contributed by atoms with Crippen LogP contribution in [0.2, 0.25) is 0 Å². The number of aromatic amines is 1. The van der Waals surface area contributed by atoms with Crippen molar-refractivity contribution in [2.75, 3.05) is 19.6 Å². The SMILES string of the molecule is CC1CN(C(=O)C(=O)NCCc2c[nH]c3ccccc23)CC(C)O1. The molecule has 1 aromatic carbocycles. The zero-order valence-corrected chi connectivity index (χ0v) is 14.0. The number of carbonyl (C=O) groups is 2. The monoisotopic (exact) mass is 329 g/mol. The number of fused-ring (bicyclic) bond motifs is 1. The molecular weight excluding hydrogens is 306 g/mol.